The fourth-order valence-electron chi connectivity index (χ4n) is 2.92. The molecule has 3 rings (SSSR count). The molecule has 0 spiro atoms. The third-order valence-corrected chi connectivity index (χ3v) is 4.26. The van der Waals surface area contributed by atoms with Crippen molar-refractivity contribution in [1.82, 2.24) is 9.78 Å². The van der Waals surface area contributed by atoms with E-state index < -0.39 is 5.97 Å². The van der Waals surface area contributed by atoms with Gasteiger partial charge in [0.25, 0.3) is 0 Å². The van der Waals surface area contributed by atoms with Crippen molar-refractivity contribution in [3.8, 4) is 0 Å². The van der Waals surface area contributed by atoms with Crippen LogP contribution in [-0.4, -0.2) is 20.9 Å². The van der Waals surface area contributed by atoms with Crippen LogP contribution in [0.2, 0.25) is 5.02 Å². The minimum Gasteiger partial charge on any atom is -0.476 e. The van der Waals surface area contributed by atoms with E-state index in [0.29, 0.717) is 17.0 Å². The number of benzene rings is 2. The molecule has 0 fully saturated rings. The topological polar surface area (TPSA) is 55.1 Å². The van der Waals surface area contributed by atoms with Gasteiger partial charge in [-0.05, 0) is 49.6 Å². The number of carbonyl (C=O) groups is 1. The number of halogens is 1. The molecule has 0 unspecified atom stereocenters. The van der Waals surface area contributed by atoms with E-state index >= 15 is 0 Å². The summed E-state index contributed by atoms with van der Waals surface area (Å²) in [6, 6.07) is 9.74. The number of nitrogens with zero attached hydrogens (tertiary/aromatic N) is 2. The summed E-state index contributed by atoms with van der Waals surface area (Å²) < 4.78 is 1.73. The highest BCUT2D eigenvalue weighted by atomic mass is 35.5. The standard InChI is InChI=1S/C18H17ClN2O2/c1-10-4-5-13(15(19)8-10)9-21-17-12(3)6-11(2)7-14(17)16(20-21)18(22)23/h4-8H,9H2,1-3H3,(H,22,23). The molecule has 0 aliphatic heterocycles. The molecule has 5 heteroatoms. The van der Waals surface area contributed by atoms with Crippen molar-refractivity contribution in [3.05, 3.63) is 63.3 Å². The largest absolute Gasteiger partial charge is 0.476 e. The van der Waals surface area contributed by atoms with Gasteiger partial charge in [-0.2, -0.15) is 5.10 Å². The summed E-state index contributed by atoms with van der Waals surface area (Å²) in [5.74, 6) is -1.02. The Balaban J connectivity index is 2.19. The molecule has 0 atom stereocenters. The number of carboxylic acid groups (broad SMARTS) is 1. The highest BCUT2D eigenvalue weighted by Crippen LogP contribution is 2.26. The number of carboxylic acids is 1. The molecular formula is C18H17ClN2O2. The maximum absolute atomic E-state index is 11.5. The molecule has 0 saturated heterocycles. The molecule has 0 amide bonds. The van der Waals surface area contributed by atoms with Gasteiger partial charge in [0.05, 0.1) is 12.1 Å². The summed E-state index contributed by atoms with van der Waals surface area (Å²) in [5, 5.41) is 15.1. The van der Waals surface area contributed by atoms with Gasteiger partial charge in [0.2, 0.25) is 0 Å². The monoisotopic (exact) mass is 328 g/mol. The summed E-state index contributed by atoms with van der Waals surface area (Å²) in [7, 11) is 0. The quantitative estimate of drug-likeness (QED) is 0.777. The molecule has 118 valence electrons. The minimum absolute atomic E-state index is 0.0787. The van der Waals surface area contributed by atoms with Crippen molar-refractivity contribution < 1.29 is 9.90 Å². The van der Waals surface area contributed by atoms with E-state index in [1.165, 1.54) is 0 Å². The number of hydrogen-bond donors (Lipinski definition) is 1. The summed E-state index contributed by atoms with van der Waals surface area (Å²) >= 11 is 6.31. The van der Waals surface area contributed by atoms with Crippen molar-refractivity contribution in [2.24, 2.45) is 0 Å². The second kappa shape index (κ2) is 5.70. The van der Waals surface area contributed by atoms with Crippen LogP contribution < -0.4 is 0 Å². The van der Waals surface area contributed by atoms with E-state index in [1.54, 1.807) is 4.68 Å². The third kappa shape index (κ3) is 2.82. The first-order valence-corrected chi connectivity index (χ1v) is 7.70. The normalized spacial score (nSPS) is 11.1. The summed E-state index contributed by atoms with van der Waals surface area (Å²) in [6.07, 6.45) is 0. The molecule has 0 bridgehead atoms. The lowest BCUT2D eigenvalue weighted by atomic mass is 10.1. The zero-order valence-electron chi connectivity index (χ0n) is 13.2. The van der Waals surface area contributed by atoms with Crippen molar-refractivity contribution in [1.29, 1.82) is 0 Å². The smallest absolute Gasteiger partial charge is 0.357 e. The minimum atomic E-state index is -1.02. The van der Waals surface area contributed by atoms with Crippen molar-refractivity contribution in [3.63, 3.8) is 0 Å². The van der Waals surface area contributed by atoms with Crippen LogP contribution in [0.25, 0.3) is 10.9 Å². The van der Waals surface area contributed by atoms with Gasteiger partial charge < -0.3 is 5.11 Å². The Kier molecular flexibility index (Phi) is 3.86. The van der Waals surface area contributed by atoms with Gasteiger partial charge in [-0.15, -0.1) is 0 Å². The predicted octanol–water partition coefficient (Wildman–Crippen LogP) is 4.36. The molecule has 3 aromatic rings. The van der Waals surface area contributed by atoms with Crippen LogP contribution in [0, 0.1) is 20.8 Å². The lowest BCUT2D eigenvalue weighted by molar-refractivity contribution is 0.0691. The van der Waals surface area contributed by atoms with E-state index in [9.17, 15) is 9.90 Å². The maximum Gasteiger partial charge on any atom is 0.357 e. The van der Waals surface area contributed by atoms with E-state index in [-0.39, 0.29) is 5.69 Å². The van der Waals surface area contributed by atoms with Crippen molar-refractivity contribution in [2.45, 2.75) is 27.3 Å². The molecule has 0 radical (unpaired) electrons. The Bertz CT molecular complexity index is 928. The number of fused-ring (bicyclic) bond motifs is 1. The number of aromatic nitrogens is 2. The molecule has 4 nitrogen and oxygen atoms in total. The Morgan fingerprint density at radius 2 is 1.91 bits per heavy atom. The molecule has 1 heterocycles. The zero-order chi connectivity index (χ0) is 16.7. The maximum atomic E-state index is 11.5. The molecule has 0 aliphatic carbocycles. The third-order valence-electron chi connectivity index (χ3n) is 3.91. The number of rotatable bonds is 3. The SMILES string of the molecule is Cc1ccc(Cn2nc(C(=O)O)c3cc(C)cc(C)c32)c(Cl)c1. The average molecular weight is 329 g/mol. The van der Waals surface area contributed by atoms with Crippen LogP contribution in [0.15, 0.2) is 30.3 Å². The summed E-state index contributed by atoms with van der Waals surface area (Å²) in [6.45, 7) is 6.34. The van der Waals surface area contributed by atoms with Gasteiger partial charge in [-0.3, -0.25) is 4.68 Å². The van der Waals surface area contributed by atoms with Crippen LogP contribution in [0.1, 0.15) is 32.7 Å². The predicted molar refractivity (Wildman–Crippen MR) is 91.5 cm³/mol. The Labute approximate surface area is 139 Å². The lowest BCUT2D eigenvalue weighted by Gasteiger charge is -2.09. The number of hydrogen-bond acceptors (Lipinski definition) is 2. The molecule has 0 aliphatic rings. The first-order chi connectivity index (χ1) is 10.9. The van der Waals surface area contributed by atoms with Gasteiger partial charge in [0.1, 0.15) is 0 Å². The first-order valence-electron chi connectivity index (χ1n) is 7.33. The molecule has 1 N–H and O–H groups in total. The summed E-state index contributed by atoms with van der Waals surface area (Å²) in [4.78, 5) is 11.5. The number of aryl methyl sites for hydroxylation is 3. The van der Waals surface area contributed by atoms with Crippen LogP contribution in [0.3, 0.4) is 0 Å². The summed E-state index contributed by atoms with van der Waals surface area (Å²) in [5.41, 5.74) is 4.94. The van der Waals surface area contributed by atoms with Crippen molar-refractivity contribution >= 4 is 28.5 Å². The fourth-order valence-corrected chi connectivity index (χ4v) is 3.22. The van der Waals surface area contributed by atoms with Gasteiger partial charge in [-0.1, -0.05) is 35.4 Å². The highest BCUT2D eigenvalue weighted by molar-refractivity contribution is 6.31. The second-order valence-corrected chi connectivity index (χ2v) is 6.29. The van der Waals surface area contributed by atoms with Gasteiger partial charge in [-0.25, -0.2) is 4.79 Å². The van der Waals surface area contributed by atoms with E-state index in [0.717, 1.165) is 27.8 Å². The Morgan fingerprint density at radius 3 is 2.57 bits per heavy atom. The van der Waals surface area contributed by atoms with Gasteiger partial charge >= 0.3 is 5.97 Å². The molecular weight excluding hydrogens is 312 g/mol. The van der Waals surface area contributed by atoms with Crippen LogP contribution in [0.4, 0.5) is 0 Å². The Morgan fingerprint density at radius 1 is 1.17 bits per heavy atom. The molecule has 23 heavy (non-hydrogen) atoms. The average Bonchev–Trinajstić information content (AvgIpc) is 2.81. The van der Waals surface area contributed by atoms with E-state index in [2.05, 4.69) is 5.10 Å². The van der Waals surface area contributed by atoms with Crippen LogP contribution in [-0.2, 0) is 6.54 Å². The fraction of sp³-hybridized carbons (Fsp3) is 0.222. The second-order valence-electron chi connectivity index (χ2n) is 5.88. The van der Waals surface area contributed by atoms with Crippen molar-refractivity contribution in [2.75, 3.05) is 0 Å². The zero-order valence-corrected chi connectivity index (χ0v) is 14.0. The van der Waals surface area contributed by atoms with E-state index in [1.807, 2.05) is 51.1 Å². The lowest BCUT2D eigenvalue weighted by Crippen LogP contribution is -2.05. The number of aromatic carboxylic acids is 1. The highest BCUT2D eigenvalue weighted by Gasteiger charge is 2.18. The molecule has 0 saturated carbocycles. The van der Waals surface area contributed by atoms with E-state index in [4.69, 9.17) is 11.6 Å². The van der Waals surface area contributed by atoms with Crippen LogP contribution >= 0.6 is 11.6 Å². The molecule has 1 aromatic heterocycles. The first kappa shape index (κ1) is 15.6. The molecule has 2 aromatic carbocycles. The van der Waals surface area contributed by atoms with Gasteiger partial charge in [0, 0.05) is 10.4 Å². The Hall–Kier alpha value is -2.33. The van der Waals surface area contributed by atoms with Crippen LogP contribution in [0.5, 0.6) is 0 Å². The van der Waals surface area contributed by atoms with Gasteiger partial charge in [0.15, 0.2) is 5.69 Å².